The molecule has 0 fully saturated rings. The number of nitrogens with one attached hydrogen (secondary N) is 1. The van der Waals surface area contributed by atoms with Gasteiger partial charge in [0.25, 0.3) is 10.0 Å². The lowest BCUT2D eigenvalue weighted by Gasteiger charge is -2.13. The van der Waals surface area contributed by atoms with Gasteiger partial charge in [-0.3, -0.25) is 4.72 Å². The number of nitrogen functional groups attached to an aromatic ring is 1. The summed E-state index contributed by atoms with van der Waals surface area (Å²) in [7, 11) is -3.71. The zero-order valence-electron chi connectivity index (χ0n) is 12.0. The van der Waals surface area contributed by atoms with Crippen LogP contribution in [0.2, 0.25) is 0 Å². The Bertz CT molecular complexity index is 722. The van der Waals surface area contributed by atoms with Gasteiger partial charge < -0.3 is 10.5 Å². The standard InChI is InChI=1S/C15H18N2O3S/c1-3-20-15-7-5-4-6-14(15)17-21(18,19)13-9-11(2)8-12(16)10-13/h4-10,17H,3,16H2,1-2H3. The number of aryl methyl sites for hydroxylation is 1. The van der Waals surface area contributed by atoms with Crippen LogP contribution >= 0.6 is 0 Å². The summed E-state index contributed by atoms with van der Waals surface area (Å²) in [5.41, 5.74) is 7.31. The summed E-state index contributed by atoms with van der Waals surface area (Å²) in [6.07, 6.45) is 0. The molecule has 0 aliphatic carbocycles. The fourth-order valence-electron chi connectivity index (χ4n) is 1.97. The smallest absolute Gasteiger partial charge is 0.262 e. The van der Waals surface area contributed by atoms with Crippen LogP contribution in [-0.2, 0) is 10.0 Å². The third kappa shape index (κ3) is 3.66. The molecule has 0 saturated heterocycles. The number of anilines is 2. The van der Waals surface area contributed by atoms with Gasteiger partial charge in [0.2, 0.25) is 0 Å². The van der Waals surface area contributed by atoms with E-state index in [0.717, 1.165) is 5.56 Å². The molecule has 0 unspecified atom stereocenters. The number of sulfonamides is 1. The Balaban J connectivity index is 2.37. The Morgan fingerprint density at radius 2 is 1.90 bits per heavy atom. The molecule has 0 aliphatic heterocycles. The van der Waals surface area contributed by atoms with Gasteiger partial charge in [0.05, 0.1) is 17.2 Å². The van der Waals surface area contributed by atoms with Crippen LogP contribution in [0.25, 0.3) is 0 Å². The second-order valence-corrected chi connectivity index (χ2v) is 6.30. The van der Waals surface area contributed by atoms with Crippen molar-refractivity contribution in [3.05, 3.63) is 48.0 Å². The summed E-state index contributed by atoms with van der Waals surface area (Å²) >= 11 is 0. The van der Waals surface area contributed by atoms with Gasteiger partial charge in [0, 0.05) is 5.69 Å². The van der Waals surface area contributed by atoms with Crippen molar-refractivity contribution >= 4 is 21.4 Å². The van der Waals surface area contributed by atoms with Crippen LogP contribution in [0.5, 0.6) is 5.75 Å². The molecule has 112 valence electrons. The summed E-state index contributed by atoms with van der Waals surface area (Å²) in [5.74, 6) is 0.490. The summed E-state index contributed by atoms with van der Waals surface area (Å²) in [6.45, 7) is 4.09. The third-order valence-electron chi connectivity index (χ3n) is 2.81. The van der Waals surface area contributed by atoms with Gasteiger partial charge in [0.1, 0.15) is 5.75 Å². The molecule has 0 saturated carbocycles. The highest BCUT2D eigenvalue weighted by Crippen LogP contribution is 2.27. The van der Waals surface area contributed by atoms with E-state index in [0.29, 0.717) is 23.7 Å². The van der Waals surface area contributed by atoms with Crippen molar-refractivity contribution in [2.24, 2.45) is 0 Å². The normalized spacial score (nSPS) is 11.1. The highest BCUT2D eigenvalue weighted by Gasteiger charge is 2.17. The maximum atomic E-state index is 12.4. The molecule has 0 radical (unpaired) electrons. The van der Waals surface area contributed by atoms with Crippen LogP contribution in [0, 0.1) is 6.92 Å². The maximum absolute atomic E-state index is 12.4. The largest absolute Gasteiger partial charge is 0.492 e. The first-order chi connectivity index (χ1) is 9.92. The average Bonchev–Trinajstić information content (AvgIpc) is 2.40. The van der Waals surface area contributed by atoms with Gasteiger partial charge in [-0.1, -0.05) is 12.1 Å². The first-order valence-corrected chi connectivity index (χ1v) is 8.02. The molecule has 2 rings (SSSR count). The van der Waals surface area contributed by atoms with Gasteiger partial charge in [-0.25, -0.2) is 8.42 Å². The lowest BCUT2D eigenvalue weighted by atomic mass is 10.2. The molecule has 0 amide bonds. The van der Waals surface area contributed by atoms with Crippen molar-refractivity contribution in [3.8, 4) is 5.75 Å². The van der Waals surface area contributed by atoms with Crippen LogP contribution in [0.4, 0.5) is 11.4 Å². The number of hydrogen-bond donors (Lipinski definition) is 2. The predicted octanol–water partition coefficient (Wildman–Crippen LogP) is 2.78. The Morgan fingerprint density at radius 3 is 2.57 bits per heavy atom. The first-order valence-electron chi connectivity index (χ1n) is 6.54. The molecule has 2 aromatic rings. The van der Waals surface area contributed by atoms with E-state index in [9.17, 15) is 8.42 Å². The van der Waals surface area contributed by atoms with Gasteiger partial charge >= 0.3 is 0 Å². The van der Waals surface area contributed by atoms with E-state index in [4.69, 9.17) is 10.5 Å². The lowest BCUT2D eigenvalue weighted by molar-refractivity contribution is 0.342. The van der Waals surface area contributed by atoms with Gasteiger partial charge in [-0.05, 0) is 49.7 Å². The Kier molecular flexibility index (Phi) is 4.37. The molecule has 0 heterocycles. The van der Waals surface area contributed by atoms with Crippen LogP contribution < -0.4 is 15.2 Å². The van der Waals surface area contributed by atoms with E-state index in [2.05, 4.69) is 4.72 Å². The average molecular weight is 306 g/mol. The van der Waals surface area contributed by atoms with E-state index in [1.807, 2.05) is 6.92 Å². The molecule has 0 bridgehead atoms. The van der Waals surface area contributed by atoms with Crippen molar-refractivity contribution in [2.45, 2.75) is 18.7 Å². The molecule has 0 spiro atoms. The number of para-hydroxylation sites is 2. The number of ether oxygens (including phenoxy) is 1. The Morgan fingerprint density at radius 1 is 1.19 bits per heavy atom. The van der Waals surface area contributed by atoms with Crippen molar-refractivity contribution in [1.29, 1.82) is 0 Å². The molecular weight excluding hydrogens is 288 g/mol. The fourth-order valence-corrected chi connectivity index (χ4v) is 3.18. The van der Waals surface area contributed by atoms with Crippen molar-refractivity contribution in [2.75, 3.05) is 17.1 Å². The molecule has 0 aliphatic rings. The summed E-state index contributed by atoms with van der Waals surface area (Å²) in [5, 5.41) is 0. The van der Waals surface area contributed by atoms with E-state index in [-0.39, 0.29) is 4.90 Å². The van der Waals surface area contributed by atoms with Crippen LogP contribution in [-0.4, -0.2) is 15.0 Å². The zero-order chi connectivity index (χ0) is 15.5. The number of hydrogen-bond acceptors (Lipinski definition) is 4. The lowest BCUT2D eigenvalue weighted by Crippen LogP contribution is -2.14. The zero-order valence-corrected chi connectivity index (χ0v) is 12.8. The molecule has 3 N–H and O–H groups in total. The quantitative estimate of drug-likeness (QED) is 0.832. The Labute approximate surface area is 124 Å². The summed E-state index contributed by atoms with van der Waals surface area (Å²) in [6, 6.07) is 11.6. The molecule has 0 aromatic heterocycles. The van der Waals surface area contributed by atoms with Gasteiger partial charge in [-0.2, -0.15) is 0 Å². The minimum absolute atomic E-state index is 0.131. The van der Waals surface area contributed by atoms with Crippen LogP contribution in [0.3, 0.4) is 0 Å². The van der Waals surface area contributed by atoms with Gasteiger partial charge in [0.15, 0.2) is 0 Å². The van der Waals surface area contributed by atoms with Crippen LogP contribution in [0.15, 0.2) is 47.4 Å². The van der Waals surface area contributed by atoms with Crippen molar-refractivity contribution in [1.82, 2.24) is 0 Å². The number of rotatable bonds is 5. The van der Waals surface area contributed by atoms with Crippen molar-refractivity contribution in [3.63, 3.8) is 0 Å². The van der Waals surface area contributed by atoms with E-state index >= 15 is 0 Å². The molecule has 0 atom stereocenters. The molecule has 2 aromatic carbocycles. The topological polar surface area (TPSA) is 81.4 Å². The summed E-state index contributed by atoms with van der Waals surface area (Å²) < 4.78 is 32.8. The molecular formula is C15H18N2O3S. The van der Waals surface area contributed by atoms with Crippen LogP contribution in [0.1, 0.15) is 12.5 Å². The third-order valence-corrected chi connectivity index (χ3v) is 4.16. The number of nitrogens with two attached hydrogens (primary N) is 1. The SMILES string of the molecule is CCOc1ccccc1NS(=O)(=O)c1cc(C)cc(N)c1. The Hall–Kier alpha value is -2.21. The van der Waals surface area contributed by atoms with E-state index in [1.54, 1.807) is 43.3 Å². The fraction of sp³-hybridized carbons (Fsp3) is 0.200. The van der Waals surface area contributed by atoms with E-state index < -0.39 is 10.0 Å². The maximum Gasteiger partial charge on any atom is 0.262 e. The predicted molar refractivity (Wildman–Crippen MR) is 84.0 cm³/mol. The van der Waals surface area contributed by atoms with Crippen molar-refractivity contribution < 1.29 is 13.2 Å². The highest BCUT2D eigenvalue weighted by molar-refractivity contribution is 7.92. The number of benzene rings is 2. The highest BCUT2D eigenvalue weighted by atomic mass is 32.2. The van der Waals surface area contributed by atoms with E-state index in [1.165, 1.54) is 6.07 Å². The van der Waals surface area contributed by atoms with Gasteiger partial charge in [-0.15, -0.1) is 0 Å². The molecule has 5 nitrogen and oxygen atoms in total. The first kappa shape index (κ1) is 15.2. The monoisotopic (exact) mass is 306 g/mol. The second-order valence-electron chi connectivity index (χ2n) is 4.61. The second kappa shape index (κ2) is 6.05. The molecule has 6 heteroatoms. The molecule has 21 heavy (non-hydrogen) atoms. The minimum atomic E-state index is -3.71. The summed E-state index contributed by atoms with van der Waals surface area (Å²) in [4.78, 5) is 0.131. The minimum Gasteiger partial charge on any atom is -0.492 e.